The Hall–Kier alpha value is -1.51. The number of halogens is 1. The average molecular weight is 288 g/mol. The minimum Gasteiger partial charge on any atom is -0.391 e. The maximum atomic E-state index is 14.1. The summed E-state index contributed by atoms with van der Waals surface area (Å²) in [6, 6.07) is 1.10. The van der Waals surface area contributed by atoms with Gasteiger partial charge in [0.15, 0.2) is 18.2 Å². The van der Waals surface area contributed by atoms with Gasteiger partial charge in [-0.1, -0.05) is 0 Å². The van der Waals surface area contributed by atoms with Crippen molar-refractivity contribution in [3.05, 3.63) is 33.1 Å². The third-order valence-corrected chi connectivity index (χ3v) is 2.97. The van der Waals surface area contributed by atoms with E-state index >= 15 is 0 Å². The van der Waals surface area contributed by atoms with Crippen molar-refractivity contribution in [2.75, 3.05) is 6.61 Å². The molecule has 112 valence electrons. The van der Waals surface area contributed by atoms with Gasteiger partial charge in [0.1, 0.15) is 0 Å². The molecule has 7 nitrogen and oxygen atoms in total. The number of rotatable bonds is 4. The van der Waals surface area contributed by atoms with Gasteiger partial charge in [0.2, 0.25) is 0 Å². The van der Waals surface area contributed by atoms with Crippen LogP contribution in [0.3, 0.4) is 0 Å². The number of aliphatic hydroxyl groups is 1. The molecular formula is C12H17FN2O5. The van der Waals surface area contributed by atoms with Crippen molar-refractivity contribution in [3.63, 3.8) is 0 Å². The molecule has 2 N–H and O–H groups in total. The van der Waals surface area contributed by atoms with E-state index in [1.807, 2.05) is 4.98 Å². The summed E-state index contributed by atoms with van der Waals surface area (Å²) in [4.78, 5) is 24.7. The fourth-order valence-electron chi connectivity index (χ4n) is 2.24. The lowest BCUT2D eigenvalue weighted by atomic mass is 10.1. The molecule has 0 amide bonds. The molecule has 0 aromatic carbocycles. The van der Waals surface area contributed by atoms with Crippen molar-refractivity contribution in [2.45, 2.75) is 44.6 Å². The Balaban J connectivity index is 2.30. The number of hydrogen-bond acceptors (Lipinski definition) is 5. The number of nitrogens with one attached hydrogen (secondary N) is 1. The van der Waals surface area contributed by atoms with E-state index in [0.29, 0.717) is 0 Å². The summed E-state index contributed by atoms with van der Waals surface area (Å²) in [6.07, 6.45) is -2.10. The molecule has 2 heterocycles. The Morgan fingerprint density at radius 2 is 2.35 bits per heavy atom. The molecule has 1 aromatic rings. The molecule has 8 heteroatoms. The second kappa shape index (κ2) is 5.47. The van der Waals surface area contributed by atoms with Gasteiger partial charge in [-0.25, -0.2) is 9.18 Å². The van der Waals surface area contributed by atoms with Crippen molar-refractivity contribution in [3.8, 4) is 0 Å². The predicted molar refractivity (Wildman–Crippen MR) is 67.0 cm³/mol. The molecule has 3 unspecified atom stereocenters. The van der Waals surface area contributed by atoms with E-state index in [1.54, 1.807) is 13.8 Å². The van der Waals surface area contributed by atoms with Gasteiger partial charge in [-0.15, -0.1) is 0 Å². The van der Waals surface area contributed by atoms with Crippen molar-refractivity contribution in [1.29, 1.82) is 0 Å². The van der Waals surface area contributed by atoms with Crippen LogP contribution in [0.5, 0.6) is 0 Å². The SMILES string of the molecule is CC(C)OC1(CO)CC(F)C(n2ccc(=O)[nH]c2=O)O1. The summed E-state index contributed by atoms with van der Waals surface area (Å²) in [6.45, 7) is 2.93. The molecule has 2 rings (SSSR count). The molecule has 1 aliphatic heterocycles. The lowest BCUT2D eigenvalue weighted by molar-refractivity contribution is -0.270. The maximum Gasteiger partial charge on any atom is 0.330 e. The van der Waals surface area contributed by atoms with Crippen LogP contribution < -0.4 is 11.2 Å². The van der Waals surface area contributed by atoms with Crippen LogP contribution in [0.4, 0.5) is 4.39 Å². The Morgan fingerprint density at radius 1 is 1.65 bits per heavy atom. The zero-order chi connectivity index (χ0) is 14.9. The minimum atomic E-state index is -1.54. The number of nitrogens with zero attached hydrogens (tertiary/aromatic N) is 1. The second-order valence-electron chi connectivity index (χ2n) is 4.98. The molecule has 1 saturated heterocycles. The number of ether oxygens (including phenoxy) is 2. The van der Waals surface area contributed by atoms with Crippen LogP contribution in [0.15, 0.2) is 21.9 Å². The number of aromatic nitrogens is 2. The summed E-state index contributed by atoms with van der Waals surface area (Å²) >= 11 is 0. The van der Waals surface area contributed by atoms with Crippen molar-refractivity contribution in [2.24, 2.45) is 0 Å². The predicted octanol–water partition coefficient (Wildman–Crippen LogP) is -0.0928. The monoisotopic (exact) mass is 288 g/mol. The molecule has 1 aliphatic rings. The third-order valence-electron chi connectivity index (χ3n) is 2.97. The summed E-state index contributed by atoms with van der Waals surface area (Å²) in [5, 5.41) is 9.40. The highest BCUT2D eigenvalue weighted by Gasteiger charge is 2.49. The molecule has 1 aromatic heterocycles. The Kier molecular flexibility index (Phi) is 4.07. The lowest BCUT2D eigenvalue weighted by Crippen LogP contribution is -2.40. The number of H-pyrrole nitrogens is 1. The maximum absolute atomic E-state index is 14.1. The van der Waals surface area contributed by atoms with Crippen LogP contribution in [-0.2, 0) is 9.47 Å². The fourth-order valence-corrected chi connectivity index (χ4v) is 2.24. The van der Waals surface area contributed by atoms with Crippen molar-refractivity contribution in [1.82, 2.24) is 9.55 Å². The van der Waals surface area contributed by atoms with Crippen LogP contribution in [-0.4, -0.2) is 39.3 Å². The summed E-state index contributed by atoms with van der Waals surface area (Å²) in [7, 11) is 0. The highest BCUT2D eigenvalue weighted by atomic mass is 19.1. The summed E-state index contributed by atoms with van der Waals surface area (Å²) in [5.74, 6) is -1.48. The molecule has 1 fully saturated rings. The van der Waals surface area contributed by atoms with Crippen LogP contribution in [0.2, 0.25) is 0 Å². The number of alkyl halides is 1. The Labute approximate surface area is 114 Å². The fraction of sp³-hybridized carbons (Fsp3) is 0.667. The molecular weight excluding hydrogens is 271 g/mol. The Morgan fingerprint density at radius 3 is 2.90 bits per heavy atom. The van der Waals surface area contributed by atoms with E-state index in [4.69, 9.17) is 9.47 Å². The smallest absolute Gasteiger partial charge is 0.330 e. The van der Waals surface area contributed by atoms with Gasteiger partial charge in [-0.05, 0) is 13.8 Å². The molecule has 20 heavy (non-hydrogen) atoms. The van der Waals surface area contributed by atoms with E-state index in [0.717, 1.165) is 16.8 Å². The minimum absolute atomic E-state index is 0.197. The molecule has 3 atom stereocenters. The molecule has 0 bridgehead atoms. The highest BCUT2D eigenvalue weighted by molar-refractivity contribution is 4.92. The van der Waals surface area contributed by atoms with Crippen LogP contribution >= 0.6 is 0 Å². The summed E-state index contributed by atoms with van der Waals surface area (Å²) in [5.41, 5.74) is -1.35. The first-order valence-corrected chi connectivity index (χ1v) is 6.29. The van der Waals surface area contributed by atoms with Crippen LogP contribution in [0.25, 0.3) is 0 Å². The van der Waals surface area contributed by atoms with Gasteiger partial charge < -0.3 is 14.6 Å². The zero-order valence-corrected chi connectivity index (χ0v) is 11.2. The van der Waals surface area contributed by atoms with Crippen molar-refractivity contribution < 1.29 is 19.0 Å². The first kappa shape index (κ1) is 14.9. The third kappa shape index (κ3) is 2.82. The normalized spacial score (nSPS) is 30.1. The molecule has 0 saturated carbocycles. The van der Waals surface area contributed by atoms with E-state index in [-0.39, 0.29) is 12.5 Å². The topological polar surface area (TPSA) is 93.5 Å². The first-order valence-electron chi connectivity index (χ1n) is 6.29. The summed E-state index contributed by atoms with van der Waals surface area (Å²) < 4.78 is 25.9. The van der Waals surface area contributed by atoms with Crippen LogP contribution in [0, 0.1) is 0 Å². The van der Waals surface area contributed by atoms with Gasteiger partial charge in [-0.3, -0.25) is 14.3 Å². The first-order chi connectivity index (χ1) is 9.37. The lowest BCUT2D eigenvalue weighted by Gasteiger charge is -2.29. The standard InChI is InChI=1S/C12H17FN2O5/c1-7(2)19-12(6-16)5-8(13)10(20-12)15-4-3-9(17)14-11(15)18/h3-4,7-8,10,16H,5-6H2,1-2H3,(H,14,17,18). The average Bonchev–Trinajstić information content (AvgIpc) is 2.66. The molecule has 0 aliphatic carbocycles. The van der Waals surface area contributed by atoms with Gasteiger partial charge in [0, 0.05) is 18.7 Å². The van der Waals surface area contributed by atoms with Crippen molar-refractivity contribution >= 4 is 0 Å². The largest absolute Gasteiger partial charge is 0.391 e. The van der Waals surface area contributed by atoms with Gasteiger partial charge >= 0.3 is 5.69 Å². The van der Waals surface area contributed by atoms with Gasteiger partial charge in [-0.2, -0.15) is 0 Å². The van der Waals surface area contributed by atoms with E-state index in [2.05, 4.69) is 0 Å². The molecule has 0 spiro atoms. The van der Waals surface area contributed by atoms with E-state index in [1.165, 1.54) is 0 Å². The number of aromatic amines is 1. The second-order valence-corrected chi connectivity index (χ2v) is 4.98. The van der Waals surface area contributed by atoms with Gasteiger partial charge in [0.25, 0.3) is 5.56 Å². The number of hydrogen-bond donors (Lipinski definition) is 2. The zero-order valence-electron chi connectivity index (χ0n) is 11.2. The molecule has 0 radical (unpaired) electrons. The Bertz CT molecular complexity index is 584. The number of aliphatic hydroxyl groups excluding tert-OH is 1. The van der Waals surface area contributed by atoms with E-state index in [9.17, 15) is 19.1 Å². The van der Waals surface area contributed by atoms with Crippen LogP contribution in [0.1, 0.15) is 26.5 Å². The quantitative estimate of drug-likeness (QED) is 0.807. The highest BCUT2D eigenvalue weighted by Crippen LogP contribution is 2.39. The van der Waals surface area contributed by atoms with E-state index < -0.39 is 36.0 Å². The van der Waals surface area contributed by atoms with Gasteiger partial charge in [0.05, 0.1) is 12.7 Å².